The molecule has 0 aliphatic rings. The van der Waals surface area contributed by atoms with Crippen LogP contribution in [0.15, 0.2) is 65.3 Å². The average Bonchev–Trinajstić information content (AvgIpc) is 3.11. The largest absolute Gasteiger partial charge is 0.507 e. The Labute approximate surface area is 137 Å². The van der Waals surface area contributed by atoms with Gasteiger partial charge in [0.1, 0.15) is 17.1 Å². The van der Waals surface area contributed by atoms with E-state index in [1.165, 1.54) is 18.2 Å². The van der Waals surface area contributed by atoms with Gasteiger partial charge in [0.25, 0.3) is 5.91 Å². The van der Waals surface area contributed by atoms with E-state index in [1.54, 1.807) is 36.6 Å². The molecular weight excluding hydrogens is 310 g/mol. The molecule has 0 saturated heterocycles. The molecule has 0 aliphatic carbocycles. The molecule has 0 radical (unpaired) electrons. The average molecular weight is 323 g/mol. The van der Waals surface area contributed by atoms with Crippen LogP contribution in [-0.4, -0.2) is 22.1 Å². The first-order valence-corrected chi connectivity index (χ1v) is 7.06. The van der Waals surface area contributed by atoms with Gasteiger partial charge < -0.3 is 19.9 Å². The minimum Gasteiger partial charge on any atom is -0.507 e. The number of hydrogen-bond donors (Lipinski definition) is 3. The topological polar surface area (TPSA) is 99.8 Å². The number of aromatic hydroxyl groups is 1. The minimum absolute atomic E-state index is 0.276. The summed E-state index contributed by atoms with van der Waals surface area (Å²) < 4.78 is 5.30. The molecule has 0 unspecified atom stereocenters. The number of hydrogen-bond acceptors (Lipinski definition) is 4. The third-order valence-corrected chi connectivity index (χ3v) is 3.42. The number of nitrogens with one attached hydrogen (secondary N) is 1. The number of carboxylic acids is 1. The van der Waals surface area contributed by atoms with Crippen LogP contribution in [0.1, 0.15) is 20.7 Å². The number of phenols is 1. The van der Waals surface area contributed by atoms with E-state index in [4.69, 9.17) is 9.52 Å². The van der Waals surface area contributed by atoms with Crippen LogP contribution in [0.3, 0.4) is 0 Å². The molecule has 6 nitrogen and oxygen atoms in total. The summed E-state index contributed by atoms with van der Waals surface area (Å²) in [6.07, 6.45) is 1.55. The Balaban J connectivity index is 1.84. The Hall–Kier alpha value is -3.54. The van der Waals surface area contributed by atoms with Gasteiger partial charge in [-0.15, -0.1) is 0 Å². The Morgan fingerprint density at radius 2 is 1.83 bits per heavy atom. The molecule has 120 valence electrons. The fourth-order valence-electron chi connectivity index (χ4n) is 2.24. The molecule has 1 amide bonds. The lowest BCUT2D eigenvalue weighted by molar-refractivity contribution is 0.0693. The number of aromatic carboxylic acids is 1. The molecule has 3 rings (SSSR count). The van der Waals surface area contributed by atoms with Crippen molar-refractivity contribution in [3.63, 3.8) is 0 Å². The SMILES string of the molecule is O=C(Nc1ccc(O)c(C(=O)O)c1)c1cccc(-c2ccco2)c1. The van der Waals surface area contributed by atoms with Crippen molar-refractivity contribution in [3.05, 3.63) is 72.0 Å². The van der Waals surface area contributed by atoms with Gasteiger partial charge in [0.2, 0.25) is 0 Å². The van der Waals surface area contributed by atoms with Gasteiger partial charge in [0, 0.05) is 16.8 Å². The molecule has 3 aromatic rings. The second-order valence-corrected chi connectivity index (χ2v) is 5.05. The van der Waals surface area contributed by atoms with Crippen molar-refractivity contribution in [1.82, 2.24) is 0 Å². The van der Waals surface area contributed by atoms with Gasteiger partial charge in [0.05, 0.1) is 6.26 Å². The van der Waals surface area contributed by atoms with Gasteiger partial charge >= 0.3 is 5.97 Å². The Morgan fingerprint density at radius 1 is 1.00 bits per heavy atom. The third kappa shape index (κ3) is 3.12. The van der Waals surface area contributed by atoms with Crippen molar-refractivity contribution < 1.29 is 24.2 Å². The fourth-order valence-corrected chi connectivity index (χ4v) is 2.24. The molecule has 0 atom stereocenters. The lowest BCUT2D eigenvalue weighted by Crippen LogP contribution is -2.12. The number of furan rings is 1. The second kappa shape index (κ2) is 6.29. The molecule has 0 fully saturated rings. The van der Waals surface area contributed by atoms with Gasteiger partial charge in [-0.1, -0.05) is 12.1 Å². The first-order chi connectivity index (χ1) is 11.5. The summed E-state index contributed by atoms with van der Waals surface area (Å²) in [6, 6.07) is 14.3. The van der Waals surface area contributed by atoms with Gasteiger partial charge in [-0.3, -0.25) is 4.79 Å². The molecule has 1 aromatic heterocycles. The van der Waals surface area contributed by atoms with Crippen LogP contribution in [0.25, 0.3) is 11.3 Å². The summed E-state index contributed by atoms with van der Waals surface area (Å²) in [6.45, 7) is 0. The molecule has 0 bridgehead atoms. The molecule has 2 aromatic carbocycles. The second-order valence-electron chi connectivity index (χ2n) is 5.05. The van der Waals surface area contributed by atoms with E-state index in [2.05, 4.69) is 5.32 Å². The molecule has 0 spiro atoms. The highest BCUT2D eigenvalue weighted by atomic mass is 16.4. The van der Waals surface area contributed by atoms with Gasteiger partial charge in [0.15, 0.2) is 0 Å². The molecular formula is C18H13NO5. The fraction of sp³-hybridized carbons (Fsp3) is 0. The Kier molecular flexibility index (Phi) is 4.03. The monoisotopic (exact) mass is 323 g/mol. The predicted octanol–water partition coefficient (Wildman–Crippen LogP) is 3.60. The van der Waals surface area contributed by atoms with Crippen LogP contribution in [-0.2, 0) is 0 Å². The van der Waals surface area contributed by atoms with Gasteiger partial charge in [-0.25, -0.2) is 4.79 Å². The van der Waals surface area contributed by atoms with E-state index < -0.39 is 11.9 Å². The lowest BCUT2D eigenvalue weighted by atomic mass is 10.1. The maximum atomic E-state index is 12.4. The van der Waals surface area contributed by atoms with Gasteiger partial charge in [-0.05, 0) is 42.5 Å². The summed E-state index contributed by atoms with van der Waals surface area (Å²) in [7, 11) is 0. The third-order valence-electron chi connectivity index (χ3n) is 3.42. The quantitative estimate of drug-likeness (QED) is 0.637. The van der Waals surface area contributed by atoms with Crippen LogP contribution in [0.4, 0.5) is 5.69 Å². The maximum absolute atomic E-state index is 12.4. The highest BCUT2D eigenvalue weighted by Gasteiger charge is 2.13. The predicted molar refractivity (Wildman–Crippen MR) is 87.2 cm³/mol. The number of amides is 1. The van der Waals surface area contributed by atoms with Crippen molar-refractivity contribution in [1.29, 1.82) is 0 Å². The number of carbonyl (C=O) groups excluding carboxylic acids is 1. The number of rotatable bonds is 4. The summed E-state index contributed by atoms with van der Waals surface area (Å²) in [5, 5.41) is 21.1. The molecule has 3 N–H and O–H groups in total. The zero-order chi connectivity index (χ0) is 17.1. The van der Waals surface area contributed by atoms with Gasteiger partial charge in [-0.2, -0.15) is 0 Å². The number of carboxylic acid groups (broad SMARTS) is 1. The minimum atomic E-state index is -1.27. The molecule has 0 saturated carbocycles. The van der Waals surface area contributed by atoms with Crippen LogP contribution < -0.4 is 5.32 Å². The van der Waals surface area contributed by atoms with Crippen molar-refractivity contribution in [3.8, 4) is 17.1 Å². The Bertz CT molecular complexity index is 900. The molecule has 6 heteroatoms. The smallest absolute Gasteiger partial charge is 0.339 e. The molecule has 0 aliphatic heterocycles. The molecule has 24 heavy (non-hydrogen) atoms. The zero-order valence-electron chi connectivity index (χ0n) is 12.4. The number of anilines is 1. The van der Waals surface area contributed by atoms with E-state index in [0.29, 0.717) is 11.3 Å². The molecule has 1 heterocycles. The number of benzene rings is 2. The van der Waals surface area contributed by atoms with Crippen molar-refractivity contribution in [2.75, 3.05) is 5.32 Å². The van der Waals surface area contributed by atoms with E-state index in [-0.39, 0.29) is 17.0 Å². The standard InChI is InChI=1S/C18H13NO5/c20-15-7-6-13(10-14(15)18(22)23)19-17(21)12-4-1-3-11(9-12)16-5-2-8-24-16/h1-10,20H,(H,19,21)(H,22,23). The number of carbonyl (C=O) groups is 2. The van der Waals surface area contributed by atoms with Crippen LogP contribution in [0.2, 0.25) is 0 Å². The summed E-state index contributed by atoms with van der Waals surface area (Å²) in [5.41, 5.74) is 1.15. The first-order valence-electron chi connectivity index (χ1n) is 7.06. The summed E-state index contributed by atoms with van der Waals surface area (Å²) >= 11 is 0. The summed E-state index contributed by atoms with van der Waals surface area (Å²) in [5.74, 6) is -1.39. The zero-order valence-corrected chi connectivity index (χ0v) is 12.4. The van der Waals surface area contributed by atoms with E-state index in [0.717, 1.165) is 5.56 Å². The van der Waals surface area contributed by atoms with E-state index in [1.807, 2.05) is 6.07 Å². The van der Waals surface area contributed by atoms with Crippen molar-refractivity contribution in [2.45, 2.75) is 0 Å². The van der Waals surface area contributed by atoms with Crippen LogP contribution >= 0.6 is 0 Å². The summed E-state index contributed by atoms with van der Waals surface area (Å²) in [4.78, 5) is 23.4. The van der Waals surface area contributed by atoms with Crippen molar-refractivity contribution >= 4 is 17.6 Å². The Morgan fingerprint density at radius 3 is 2.54 bits per heavy atom. The maximum Gasteiger partial charge on any atom is 0.339 e. The van der Waals surface area contributed by atoms with Crippen LogP contribution in [0, 0.1) is 0 Å². The lowest BCUT2D eigenvalue weighted by Gasteiger charge is -2.08. The first kappa shape index (κ1) is 15.4. The normalized spacial score (nSPS) is 10.3. The highest BCUT2D eigenvalue weighted by molar-refractivity contribution is 6.05. The van der Waals surface area contributed by atoms with E-state index in [9.17, 15) is 14.7 Å². The van der Waals surface area contributed by atoms with Crippen LogP contribution in [0.5, 0.6) is 5.75 Å². The van der Waals surface area contributed by atoms with E-state index >= 15 is 0 Å². The highest BCUT2D eigenvalue weighted by Crippen LogP contribution is 2.23. The van der Waals surface area contributed by atoms with Crippen molar-refractivity contribution in [2.24, 2.45) is 0 Å².